The lowest BCUT2D eigenvalue weighted by Gasteiger charge is -2.20. The molecule has 198 valence electrons. The number of rotatable bonds is 12. The second kappa shape index (κ2) is 12.6. The number of benzene rings is 3. The van der Waals surface area contributed by atoms with Gasteiger partial charge >= 0.3 is 0 Å². The summed E-state index contributed by atoms with van der Waals surface area (Å²) in [6, 6.07) is 17.4. The highest BCUT2D eigenvalue weighted by atomic mass is 32.2. The monoisotopic (exact) mass is 526 g/mol. The minimum absolute atomic E-state index is 0.0539. The van der Waals surface area contributed by atoms with Crippen molar-refractivity contribution >= 4 is 15.9 Å². The molecule has 0 radical (unpaired) electrons. The predicted octanol–water partition coefficient (Wildman–Crippen LogP) is 4.20. The van der Waals surface area contributed by atoms with Gasteiger partial charge in [0.1, 0.15) is 5.75 Å². The number of hydrogen-bond acceptors (Lipinski definition) is 6. The molecular weight excluding hydrogens is 492 g/mol. The number of nitrogens with zero attached hydrogens (tertiary/aromatic N) is 1. The molecule has 3 rings (SSSR count). The highest BCUT2D eigenvalue weighted by molar-refractivity contribution is 7.89. The fraction of sp³-hybridized carbons (Fsp3) is 0.321. The molecule has 9 heteroatoms. The van der Waals surface area contributed by atoms with Gasteiger partial charge in [-0.05, 0) is 68.3 Å². The second-order valence-corrected chi connectivity index (χ2v) is 10.6. The summed E-state index contributed by atoms with van der Waals surface area (Å²) in [4.78, 5) is 13.1. The lowest BCUT2D eigenvalue weighted by Crippen LogP contribution is -2.28. The third-order valence-corrected chi connectivity index (χ3v) is 7.71. The number of carbonyl (C=O) groups excluding carboxylic acids is 1. The van der Waals surface area contributed by atoms with Crippen molar-refractivity contribution in [3.8, 4) is 17.2 Å². The average Bonchev–Trinajstić information content (AvgIpc) is 2.89. The van der Waals surface area contributed by atoms with Crippen molar-refractivity contribution in [3.05, 3.63) is 82.9 Å². The van der Waals surface area contributed by atoms with Gasteiger partial charge in [0.25, 0.3) is 5.91 Å². The Bertz CT molecular complexity index is 1320. The number of sulfonamides is 1. The molecule has 0 saturated carbocycles. The van der Waals surface area contributed by atoms with E-state index in [2.05, 4.69) is 5.32 Å². The first-order valence-corrected chi connectivity index (χ1v) is 13.4. The Morgan fingerprint density at radius 3 is 2.24 bits per heavy atom. The van der Waals surface area contributed by atoms with E-state index < -0.39 is 10.0 Å². The maximum Gasteiger partial charge on any atom is 0.251 e. The Kier molecular flexibility index (Phi) is 9.54. The molecule has 0 aliphatic heterocycles. The van der Waals surface area contributed by atoms with Crippen LogP contribution in [0.5, 0.6) is 17.2 Å². The Hall–Kier alpha value is -3.56. The second-order valence-electron chi connectivity index (χ2n) is 8.52. The van der Waals surface area contributed by atoms with E-state index in [-0.39, 0.29) is 17.3 Å². The maximum absolute atomic E-state index is 13.1. The first-order valence-electron chi connectivity index (χ1n) is 12.0. The predicted molar refractivity (Wildman–Crippen MR) is 143 cm³/mol. The van der Waals surface area contributed by atoms with Gasteiger partial charge in [-0.1, -0.05) is 23.8 Å². The molecule has 0 unspecified atom stereocenters. The first-order chi connectivity index (χ1) is 17.7. The van der Waals surface area contributed by atoms with Crippen molar-refractivity contribution < 1.29 is 27.4 Å². The van der Waals surface area contributed by atoms with E-state index in [1.807, 2.05) is 32.0 Å². The molecular formula is C28H34N2O6S. The van der Waals surface area contributed by atoms with Crippen LogP contribution in [0.25, 0.3) is 0 Å². The van der Waals surface area contributed by atoms with Gasteiger partial charge in [-0.2, -0.15) is 4.31 Å². The lowest BCUT2D eigenvalue weighted by atomic mass is 10.1. The van der Waals surface area contributed by atoms with Crippen molar-refractivity contribution in [2.45, 2.75) is 31.7 Å². The Labute approximate surface area is 219 Å². The Morgan fingerprint density at radius 2 is 1.59 bits per heavy atom. The zero-order valence-corrected chi connectivity index (χ0v) is 22.7. The topological polar surface area (TPSA) is 94.2 Å². The van der Waals surface area contributed by atoms with Gasteiger partial charge in [-0.15, -0.1) is 0 Å². The molecule has 0 aliphatic carbocycles. The first kappa shape index (κ1) is 28.0. The molecule has 0 aromatic heterocycles. The summed E-state index contributed by atoms with van der Waals surface area (Å²) in [5.74, 6) is 1.56. The normalized spacial score (nSPS) is 11.3. The fourth-order valence-corrected chi connectivity index (χ4v) is 4.96. The minimum atomic E-state index is -3.72. The molecule has 3 aromatic rings. The van der Waals surface area contributed by atoms with Gasteiger partial charge in [0.05, 0.1) is 25.7 Å². The molecule has 8 nitrogen and oxygen atoms in total. The van der Waals surface area contributed by atoms with Crippen LogP contribution in [0.1, 0.15) is 34.0 Å². The summed E-state index contributed by atoms with van der Waals surface area (Å²) >= 11 is 0. The summed E-state index contributed by atoms with van der Waals surface area (Å²) in [5, 5.41) is 2.92. The summed E-state index contributed by atoms with van der Waals surface area (Å²) < 4.78 is 43.7. The van der Waals surface area contributed by atoms with Crippen LogP contribution >= 0.6 is 0 Å². The van der Waals surface area contributed by atoms with Crippen molar-refractivity contribution in [2.24, 2.45) is 0 Å². The van der Waals surface area contributed by atoms with E-state index in [1.54, 1.807) is 56.7 Å². The van der Waals surface area contributed by atoms with E-state index >= 15 is 0 Å². The van der Waals surface area contributed by atoms with E-state index in [4.69, 9.17) is 14.2 Å². The van der Waals surface area contributed by atoms with Crippen molar-refractivity contribution in [2.75, 3.05) is 34.4 Å². The maximum atomic E-state index is 13.1. The molecule has 3 aromatic carbocycles. The number of carbonyl (C=O) groups is 1. The third-order valence-electron chi connectivity index (χ3n) is 5.89. The number of aryl methyl sites for hydroxylation is 1. The standard InChI is InChI=1S/C28H34N2O6S/c1-6-36-25-14-10-22(28(31)29-16-15-21-9-13-26(34-4)27(17-21)35-5)18-23(25)19-30(3)37(32,33)24-11-7-20(2)8-12-24/h7-14,17-18H,6,15-16,19H2,1-5H3,(H,29,31). The molecule has 0 saturated heterocycles. The van der Waals surface area contributed by atoms with Crippen LogP contribution < -0.4 is 19.5 Å². The Balaban J connectivity index is 1.72. The van der Waals surface area contributed by atoms with Crippen LogP contribution in [0.2, 0.25) is 0 Å². The zero-order valence-electron chi connectivity index (χ0n) is 21.9. The van der Waals surface area contributed by atoms with Crippen molar-refractivity contribution in [3.63, 3.8) is 0 Å². The SMILES string of the molecule is CCOc1ccc(C(=O)NCCc2ccc(OC)c(OC)c2)cc1CN(C)S(=O)(=O)c1ccc(C)cc1. The van der Waals surface area contributed by atoms with Crippen LogP contribution in [-0.4, -0.2) is 53.0 Å². The summed E-state index contributed by atoms with van der Waals surface area (Å²) in [6.07, 6.45) is 0.605. The van der Waals surface area contributed by atoms with E-state index in [0.29, 0.717) is 47.9 Å². The third kappa shape index (κ3) is 7.02. The Morgan fingerprint density at radius 1 is 0.919 bits per heavy atom. The number of hydrogen-bond donors (Lipinski definition) is 1. The van der Waals surface area contributed by atoms with Crippen LogP contribution in [-0.2, 0) is 23.0 Å². The molecule has 37 heavy (non-hydrogen) atoms. The molecule has 0 aliphatic rings. The molecule has 1 amide bonds. The molecule has 0 bridgehead atoms. The lowest BCUT2D eigenvalue weighted by molar-refractivity contribution is 0.0954. The minimum Gasteiger partial charge on any atom is -0.494 e. The highest BCUT2D eigenvalue weighted by Crippen LogP contribution is 2.28. The largest absolute Gasteiger partial charge is 0.494 e. The van der Waals surface area contributed by atoms with Crippen molar-refractivity contribution in [1.82, 2.24) is 9.62 Å². The van der Waals surface area contributed by atoms with E-state index in [1.165, 1.54) is 11.4 Å². The van der Waals surface area contributed by atoms with Crippen LogP contribution in [0.3, 0.4) is 0 Å². The quantitative estimate of drug-likeness (QED) is 0.380. The van der Waals surface area contributed by atoms with Gasteiger partial charge in [0.15, 0.2) is 11.5 Å². The van der Waals surface area contributed by atoms with Crippen LogP contribution in [0, 0.1) is 6.92 Å². The summed E-state index contributed by atoms with van der Waals surface area (Å²) in [6.45, 7) is 4.64. The molecule has 1 N–H and O–H groups in total. The van der Waals surface area contributed by atoms with Crippen molar-refractivity contribution in [1.29, 1.82) is 0 Å². The molecule has 0 fully saturated rings. The fourth-order valence-electron chi connectivity index (χ4n) is 3.81. The highest BCUT2D eigenvalue weighted by Gasteiger charge is 2.23. The van der Waals surface area contributed by atoms with Gasteiger partial charge in [-0.25, -0.2) is 8.42 Å². The zero-order chi connectivity index (χ0) is 27.0. The van der Waals surface area contributed by atoms with Crippen LogP contribution in [0.15, 0.2) is 65.6 Å². The molecule has 0 heterocycles. The smallest absolute Gasteiger partial charge is 0.251 e. The van der Waals surface area contributed by atoms with Gasteiger partial charge in [-0.3, -0.25) is 4.79 Å². The van der Waals surface area contributed by atoms with E-state index in [0.717, 1.165) is 11.1 Å². The number of nitrogens with one attached hydrogen (secondary N) is 1. The molecule has 0 spiro atoms. The summed E-state index contributed by atoms with van der Waals surface area (Å²) in [7, 11) is 0.960. The number of ether oxygens (including phenoxy) is 3. The average molecular weight is 527 g/mol. The number of amides is 1. The molecule has 0 atom stereocenters. The van der Waals surface area contributed by atoms with Gasteiger partial charge < -0.3 is 19.5 Å². The van der Waals surface area contributed by atoms with Gasteiger partial charge in [0, 0.05) is 31.3 Å². The van der Waals surface area contributed by atoms with Crippen LogP contribution in [0.4, 0.5) is 0 Å². The number of methoxy groups -OCH3 is 2. The van der Waals surface area contributed by atoms with Gasteiger partial charge in [0.2, 0.25) is 10.0 Å². The van der Waals surface area contributed by atoms with E-state index in [9.17, 15) is 13.2 Å². The summed E-state index contributed by atoms with van der Waals surface area (Å²) in [5.41, 5.74) is 3.00.